The average molecular weight is 377 g/mol. The van der Waals surface area contributed by atoms with Gasteiger partial charge in [-0.05, 0) is 36.4 Å². The molecule has 0 bridgehead atoms. The summed E-state index contributed by atoms with van der Waals surface area (Å²) in [5.74, 6) is 0.189. The minimum atomic E-state index is -0.746. The number of nitrogens with one attached hydrogen (secondary N) is 2. The summed E-state index contributed by atoms with van der Waals surface area (Å²) in [5, 5.41) is 5.03. The summed E-state index contributed by atoms with van der Waals surface area (Å²) < 4.78 is 10.8. The van der Waals surface area contributed by atoms with Gasteiger partial charge in [0.2, 0.25) is 0 Å². The first kappa shape index (κ1) is 18.9. The van der Waals surface area contributed by atoms with Crippen LogP contribution in [0.4, 0.5) is 11.4 Å². The van der Waals surface area contributed by atoms with Crippen LogP contribution in [0.2, 0.25) is 0 Å². The average Bonchev–Trinajstić information content (AvgIpc) is 3.19. The van der Waals surface area contributed by atoms with Gasteiger partial charge in [0, 0.05) is 5.69 Å². The quantitative estimate of drug-likeness (QED) is 0.509. The van der Waals surface area contributed by atoms with E-state index in [4.69, 9.17) is 9.15 Å². The molecule has 7 nitrogen and oxygen atoms in total. The maximum Gasteiger partial charge on any atom is 0.313 e. The number of aliphatic imine (C=N–C) groups is 1. The van der Waals surface area contributed by atoms with Crippen LogP contribution in [0.1, 0.15) is 11.5 Å². The third-order valence-electron chi connectivity index (χ3n) is 3.76. The van der Waals surface area contributed by atoms with E-state index >= 15 is 0 Å². The summed E-state index contributed by atoms with van der Waals surface area (Å²) in [7, 11) is 1.58. The van der Waals surface area contributed by atoms with Crippen LogP contribution in [-0.4, -0.2) is 25.1 Å². The lowest BCUT2D eigenvalue weighted by atomic mass is 10.3. The molecule has 28 heavy (non-hydrogen) atoms. The second-order valence-corrected chi connectivity index (χ2v) is 5.74. The van der Waals surface area contributed by atoms with E-state index in [0.29, 0.717) is 28.6 Å². The summed E-state index contributed by atoms with van der Waals surface area (Å²) in [4.78, 5) is 28.1. The van der Waals surface area contributed by atoms with E-state index in [1.165, 1.54) is 0 Å². The summed E-state index contributed by atoms with van der Waals surface area (Å²) in [6.07, 6.45) is 1.56. The number of furan rings is 1. The lowest BCUT2D eigenvalue weighted by Gasteiger charge is -2.05. The molecule has 0 radical (unpaired) electrons. The number of para-hydroxylation sites is 3. The van der Waals surface area contributed by atoms with Gasteiger partial charge in [0.1, 0.15) is 23.0 Å². The Labute approximate surface area is 162 Å². The first-order valence-electron chi connectivity index (χ1n) is 8.56. The molecule has 0 aliphatic heterocycles. The van der Waals surface area contributed by atoms with Crippen molar-refractivity contribution in [2.75, 3.05) is 12.4 Å². The zero-order chi connectivity index (χ0) is 19.8. The van der Waals surface area contributed by atoms with Crippen LogP contribution >= 0.6 is 0 Å². The monoisotopic (exact) mass is 377 g/mol. The predicted molar refractivity (Wildman–Crippen MR) is 106 cm³/mol. The molecule has 3 rings (SSSR count). The smallest absolute Gasteiger partial charge is 0.313 e. The molecule has 2 N–H and O–H groups in total. The highest BCUT2D eigenvalue weighted by Crippen LogP contribution is 2.26. The Bertz CT molecular complexity index is 980. The van der Waals surface area contributed by atoms with Crippen LogP contribution in [0.15, 0.2) is 76.1 Å². The fourth-order valence-electron chi connectivity index (χ4n) is 2.39. The van der Waals surface area contributed by atoms with E-state index in [0.717, 1.165) is 0 Å². The Morgan fingerprint density at radius 1 is 1.00 bits per heavy atom. The predicted octanol–water partition coefficient (Wildman–Crippen LogP) is 3.29. The van der Waals surface area contributed by atoms with Gasteiger partial charge >= 0.3 is 11.8 Å². The minimum Gasteiger partial charge on any atom is -0.494 e. The molecule has 1 aromatic heterocycles. The van der Waals surface area contributed by atoms with Gasteiger partial charge in [-0.2, -0.15) is 0 Å². The molecule has 0 unspecified atom stereocenters. The molecule has 0 fully saturated rings. The second-order valence-electron chi connectivity index (χ2n) is 5.74. The number of anilines is 1. The minimum absolute atomic E-state index is 0.0868. The zero-order valence-corrected chi connectivity index (χ0v) is 15.2. The molecule has 0 saturated carbocycles. The van der Waals surface area contributed by atoms with Gasteiger partial charge in [-0.3, -0.25) is 9.59 Å². The molecule has 0 saturated heterocycles. The van der Waals surface area contributed by atoms with Crippen LogP contribution < -0.4 is 15.4 Å². The van der Waals surface area contributed by atoms with Crippen molar-refractivity contribution in [3.8, 4) is 5.75 Å². The van der Waals surface area contributed by atoms with Crippen molar-refractivity contribution >= 4 is 29.4 Å². The number of ether oxygens (including phenoxy) is 1. The molecular weight excluding hydrogens is 358 g/mol. The molecule has 3 aromatic rings. The fraction of sp³-hybridized carbons (Fsp3) is 0.0952. The SMILES string of the molecule is COc1ccccc1N=Cc1ccc(CNC(=O)C(=O)Nc2ccccc2)o1. The molecule has 142 valence electrons. The van der Waals surface area contributed by atoms with Crippen LogP contribution in [0.25, 0.3) is 0 Å². The van der Waals surface area contributed by atoms with Gasteiger partial charge in [0.15, 0.2) is 0 Å². The molecule has 0 aliphatic rings. The molecular formula is C21H19N3O4. The largest absolute Gasteiger partial charge is 0.494 e. The van der Waals surface area contributed by atoms with E-state index in [1.54, 1.807) is 49.7 Å². The third kappa shape index (κ3) is 5.07. The first-order chi connectivity index (χ1) is 13.7. The highest BCUT2D eigenvalue weighted by molar-refractivity contribution is 6.39. The summed E-state index contributed by atoms with van der Waals surface area (Å²) in [6.45, 7) is 0.0868. The van der Waals surface area contributed by atoms with Crippen LogP contribution in [0, 0.1) is 0 Å². The van der Waals surface area contributed by atoms with Crippen LogP contribution in [0.5, 0.6) is 5.75 Å². The Morgan fingerprint density at radius 3 is 2.54 bits per heavy atom. The maximum atomic E-state index is 11.9. The fourth-order valence-corrected chi connectivity index (χ4v) is 2.39. The van der Waals surface area contributed by atoms with Gasteiger partial charge in [-0.1, -0.05) is 30.3 Å². The van der Waals surface area contributed by atoms with Crippen molar-refractivity contribution in [2.24, 2.45) is 4.99 Å². The number of hydrogen-bond donors (Lipinski definition) is 2. The topological polar surface area (TPSA) is 92.9 Å². The second kappa shape index (κ2) is 9.18. The number of carbonyl (C=O) groups excluding carboxylic acids is 2. The molecule has 0 aliphatic carbocycles. The summed E-state index contributed by atoms with van der Waals surface area (Å²) in [6, 6.07) is 19.6. The van der Waals surface area contributed by atoms with Gasteiger partial charge in [0.25, 0.3) is 0 Å². The molecule has 0 spiro atoms. The number of methoxy groups -OCH3 is 1. The lowest BCUT2D eigenvalue weighted by molar-refractivity contribution is -0.136. The van der Waals surface area contributed by atoms with E-state index in [2.05, 4.69) is 15.6 Å². The molecule has 0 atom stereocenters. The first-order valence-corrected chi connectivity index (χ1v) is 8.56. The van der Waals surface area contributed by atoms with Crippen molar-refractivity contribution in [1.82, 2.24) is 5.32 Å². The molecule has 1 heterocycles. The number of rotatable bonds is 6. The Kier molecular flexibility index (Phi) is 6.20. The van der Waals surface area contributed by atoms with Gasteiger partial charge in [-0.15, -0.1) is 0 Å². The Morgan fingerprint density at radius 2 is 1.75 bits per heavy atom. The Hall–Kier alpha value is -3.87. The number of carbonyl (C=O) groups is 2. The zero-order valence-electron chi connectivity index (χ0n) is 15.2. The molecule has 2 amide bonds. The van der Waals surface area contributed by atoms with Crippen molar-refractivity contribution in [3.63, 3.8) is 0 Å². The number of nitrogens with zero attached hydrogens (tertiary/aromatic N) is 1. The van der Waals surface area contributed by atoms with Crippen molar-refractivity contribution in [1.29, 1.82) is 0 Å². The third-order valence-corrected chi connectivity index (χ3v) is 3.76. The van der Waals surface area contributed by atoms with Crippen molar-refractivity contribution in [3.05, 3.63) is 78.3 Å². The van der Waals surface area contributed by atoms with Crippen LogP contribution in [0.3, 0.4) is 0 Å². The van der Waals surface area contributed by atoms with Crippen molar-refractivity contribution < 1.29 is 18.7 Å². The van der Waals surface area contributed by atoms with Crippen LogP contribution in [-0.2, 0) is 16.1 Å². The Balaban J connectivity index is 1.53. The van der Waals surface area contributed by atoms with E-state index < -0.39 is 11.8 Å². The lowest BCUT2D eigenvalue weighted by Crippen LogP contribution is -2.34. The summed E-state index contributed by atoms with van der Waals surface area (Å²) >= 11 is 0. The highest BCUT2D eigenvalue weighted by Gasteiger charge is 2.14. The van der Waals surface area contributed by atoms with Gasteiger partial charge < -0.3 is 19.8 Å². The van der Waals surface area contributed by atoms with E-state index in [-0.39, 0.29) is 6.54 Å². The van der Waals surface area contributed by atoms with Gasteiger partial charge in [-0.25, -0.2) is 4.99 Å². The standard InChI is InChI=1S/C21H19N3O4/c1-27-19-10-6-5-9-18(19)22-13-16-11-12-17(28-16)14-23-20(25)21(26)24-15-7-3-2-4-8-15/h2-13H,14H2,1H3,(H,23,25)(H,24,26). The van der Waals surface area contributed by atoms with E-state index in [9.17, 15) is 9.59 Å². The van der Waals surface area contributed by atoms with Gasteiger partial charge in [0.05, 0.1) is 19.9 Å². The molecule has 7 heteroatoms. The maximum absolute atomic E-state index is 11.9. The highest BCUT2D eigenvalue weighted by atomic mass is 16.5. The number of benzene rings is 2. The molecule has 2 aromatic carbocycles. The normalized spacial score (nSPS) is 10.6. The number of amides is 2. The van der Waals surface area contributed by atoms with E-state index in [1.807, 2.05) is 30.3 Å². The number of hydrogen-bond acceptors (Lipinski definition) is 5. The summed E-state index contributed by atoms with van der Waals surface area (Å²) in [5.41, 5.74) is 1.23. The van der Waals surface area contributed by atoms with Crippen molar-refractivity contribution in [2.45, 2.75) is 6.54 Å².